The van der Waals surface area contributed by atoms with Gasteiger partial charge in [-0.15, -0.1) is 0 Å². The normalized spacial score (nSPS) is 11.4. The predicted molar refractivity (Wildman–Crippen MR) is 73.4 cm³/mol. The van der Waals surface area contributed by atoms with Crippen molar-refractivity contribution in [1.29, 1.82) is 0 Å². The van der Waals surface area contributed by atoms with Crippen molar-refractivity contribution in [2.45, 2.75) is 11.8 Å². The number of sulfonamides is 1. The van der Waals surface area contributed by atoms with E-state index >= 15 is 0 Å². The highest BCUT2D eigenvalue weighted by Crippen LogP contribution is 2.25. The zero-order valence-electron chi connectivity index (χ0n) is 10.3. The van der Waals surface area contributed by atoms with Crippen molar-refractivity contribution in [2.24, 2.45) is 0 Å². The van der Waals surface area contributed by atoms with Crippen molar-refractivity contribution in [3.05, 3.63) is 58.6 Å². The first-order valence-corrected chi connectivity index (χ1v) is 7.40. The van der Waals surface area contributed by atoms with Gasteiger partial charge in [-0.2, -0.15) is 0 Å². The molecule has 0 aliphatic heterocycles. The van der Waals surface area contributed by atoms with E-state index < -0.39 is 21.7 Å². The van der Waals surface area contributed by atoms with Crippen molar-refractivity contribution >= 4 is 27.3 Å². The molecule has 0 aliphatic carbocycles. The van der Waals surface area contributed by atoms with Gasteiger partial charge in [0.05, 0.1) is 10.7 Å². The van der Waals surface area contributed by atoms with Crippen LogP contribution in [0.15, 0.2) is 41.3 Å². The molecule has 0 saturated carbocycles. The summed E-state index contributed by atoms with van der Waals surface area (Å²) in [5, 5.41) is 0.0278. The zero-order chi connectivity index (χ0) is 14.9. The molecule has 20 heavy (non-hydrogen) atoms. The lowest BCUT2D eigenvalue weighted by Crippen LogP contribution is -2.14. The molecule has 0 amide bonds. The van der Waals surface area contributed by atoms with Gasteiger partial charge in [-0.05, 0) is 36.8 Å². The number of halogens is 3. The van der Waals surface area contributed by atoms with Crippen molar-refractivity contribution in [3.63, 3.8) is 0 Å². The fourth-order valence-corrected chi connectivity index (χ4v) is 3.26. The number of aryl methyl sites for hydroxylation is 1. The highest BCUT2D eigenvalue weighted by atomic mass is 35.5. The molecule has 0 aromatic heterocycles. The molecule has 7 heteroatoms. The van der Waals surface area contributed by atoms with E-state index in [4.69, 9.17) is 11.6 Å². The minimum absolute atomic E-state index is 0.0278. The van der Waals surface area contributed by atoms with Gasteiger partial charge in [-0.1, -0.05) is 17.7 Å². The van der Waals surface area contributed by atoms with E-state index in [0.29, 0.717) is 6.07 Å². The summed E-state index contributed by atoms with van der Waals surface area (Å²) in [6.07, 6.45) is 0. The maximum Gasteiger partial charge on any atom is 0.263 e. The Bertz CT molecular complexity index is 763. The Morgan fingerprint density at radius 3 is 2.40 bits per heavy atom. The Morgan fingerprint density at radius 1 is 1.10 bits per heavy atom. The lowest BCUT2D eigenvalue weighted by molar-refractivity contribution is 0.583. The molecule has 0 atom stereocenters. The molecule has 0 aliphatic rings. The van der Waals surface area contributed by atoms with E-state index in [2.05, 4.69) is 0 Å². The topological polar surface area (TPSA) is 46.2 Å². The molecule has 0 unspecified atom stereocenters. The molecule has 2 aromatic rings. The number of nitrogens with one attached hydrogen (secondary N) is 1. The molecule has 0 fully saturated rings. The SMILES string of the molecule is Cc1ccc(S(=O)(=O)Nc2ccc(F)cc2F)c(Cl)c1. The molecule has 0 bridgehead atoms. The van der Waals surface area contributed by atoms with Crippen molar-refractivity contribution in [2.75, 3.05) is 4.72 Å². The second-order valence-corrected chi connectivity index (χ2v) is 6.22. The third-order valence-electron chi connectivity index (χ3n) is 2.55. The summed E-state index contributed by atoms with van der Waals surface area (Å²) in [6, 6.07) is 6.93. The second kappa shape index (κ2) is 5.38. The van der Waals surface area contributed by atoms with Crippen LogP contribution in [-0.2, 0) is 10.0 Å². The van der Waals surface area contributed by atoms with Gasteiger partial charge < -0.3 is 0 Å². The van der Waals surface area contributed by atoms with Crippen LogP contribution in [0, 0.1) is 18.6 Å². The van der Waals surface area contributed by atoms with Gasteiger partial charge in [0.2, 0.25) is 0 Å². The van der Waals surface area contributed by atoms with E-state index in [9.17, 15) is 17.2 Å². The minimum Gasteiger partial charge on any atom is -0.277 e. The van der Waals surface area contributed by atoms with Crippen LogP contribution in [0.3, 0.4) is 0 Å². The summed E-state index contributed by atoms with van der Waals surface area (Å²) in [7, 11) is -4.04. The van der Waals surface area contributed by atoms with Gasteiger partial charge in [0, 0.05) is 6.07 Å². The molecule has 3 nitrogen and oxygen atoms in total. The fourth-order valence-electron chi connectivity index (χ4n) is 1.60. The molecular formula is C13H10ClF2NO2S. The monoisotopic (exact) mass is 317 g/mol. The molecule has 0 saturated heterocycles. The number of benzene rings is 2. The Kier molecular flexibility index (Phi) is 3.96. The first-order valence-electron chi connectivity index (χ1n) is 5.53. The number of hydrogen-bond acceptors (Lipinski definition) is 2. The predicted octanol–water partition coefficient (Wildman–Crippen LogP) is 3.73. The van der Waals surface area contributed by atoms with Crippen molar-refractivity contribution in [3.8, 4) is 0 Å². The highest BCUT2D eigenvalue weighted by Gasteiger charge is 2.19. The van der Waals surface area contributed by atoms with Gasteiger partial charge in [0.25, 0.3) is 10.0 Å². The summed E-state index contributed by atoms with van der Waals surface area (Å²) in [5.41, 5.74) is 0.449. The molecule has 1 N–H and O–H groups in total. The Morgan fingerprint density at radius 2 is 1.80 bits per heavy atom. The maximum atomic E-state index is 13.5. The van der Waals surface area contributed by atoms with Crippen LogP contribution in [0.1, 0.15) is 5.56 Å². The van der Waals surface area contributed by atoms with Crippen LogP contribution in [-0.4, -0.2) is 8.42 Å². The van der Waals surface area contributed by atoms with Crippen LogP contribution in [0.5, 0.6) is 0 Å². The van der Waals surface area contributed by atoms with E-state index in [-0.39, 0.29) is 15.6 Å². The van der Waals surface area contributed by atoms with Crippen LogP contribution >= 0.6 is 11.6 Å². The van der Waals surface area contributed by atoms with Gasteiger partial charge >= 0.3 is 0 Å². The quantitative estimate of drug-likeness (QED) is 0.937. The van der Waals surface area contributed by atoms with Crippen LogP contribution in [0.25, 0.3) is 0 Å². The van der Waals surface area contributed by atoms with E-state index in [1.165, 1.54) is 12.1 Å². The molecule has 2 rings (SSSR count). The minimum atomic E-state index is -4.04. The molecule has 0 spiro atoms. The highest BCUT2D eigenvalue weighted by molar-refractivity contribution is 7.92. The van der Waals surface area contributed by atoms with Crippen molar-refractivity contribution in [1.82, 2.24) is 0 Å². The Labute approximate surface area is 120 Å². The summed E-state index contributed by atoms with van der Waals surface area (Å²) in [4.78, 5) is -0.173. The zero-order valence-corrected chi connectivity index (χ0v) is 11.9. The molecule has 0 heterocycles. The summed E-state index contributed by atoms with van der Waals surface area (Å²) in [5.74, 6) is -1.80. The van der Waals surface area contributed by atoms with E-state index in [1.54, 1.807) is 13.0 Å². The van der Waals surface area contributed by atoms with Crippen LogP contribution in [0.2, 0.25) is 5.02 Å². The Hall–Kier alpha value is -1.66. The molecular weight excluding hydrogens is 308 g/mol. The maximum absolute atomic E-state index is 13.5. The van der Waals surface area contributed by atoms with Gasteiger partial charge in [-0.25, -0.2) is 17.2 Å². The largest absolute Gasteiger partial charge is 0.277 e. The van der Waals surface area contributed by atoms with Gasteiger partial charge in [0.15, 0.2) is 0 Å². The molecule has 0 radical (unpaired) electrons. The van der Waals surface area contributed by atoms with E-state index in [1.807, 2.05) is 4.72 Å². The van der Waals surface area contributed by atoms with Crippen LogP contribution < -0.4 is 4.72 Å². The number of rotatable bonds is 3. The smallest absolute Gasteiger partial charge is 0.263 e. The summed E-state index contributed by atoms with van der Waals surface area (Å²) < 4.78 is 52.5. The third-order valence-corrected chi connectivity index (χ3v) is 4.40. The van der Waals surface area contributed by atoms with Crippen LogP contribution in [0.4, 0.5) is 14.5 Å². The average Bonchev–Trinajstić information content (AvgIpc) is 2.32. The standard InChI is InChI=1S/C13H10ClF2NO2S/c1-8-2-5-13(10(14)6-8)20(18,19)17-12-4-3-9(15)7-11(12)16/h2-7,17H,1H3. The summed E-state index contributed by atoms with van der Waals surface area (Å²) in [6.45, 7) is 1.76. The second-order valence-electron chi connectivity index (χ2n) is 4.16. The third kappa shape index (κ3) is 3.08. The lowest BCUT2D eigenvalue weighted by Gasteiger charge is -2.10. The molecule has 106 valence electrons. The first-order chi connectivity index (χ1) is 9.29. The summed E-state index contributed by atoms with van der Waals surface area (Å²) >= 11 is 5.87. The fraction of sp³-hybridized carbons (Fsp3) is 0.0769. The number of anilines is 1. The van der Waals surface area contributed by atoms with E-state index in [0.717, 1.165) is 17.7 Å². The van der Waals surface area contributed by atoms with Gasteiger partial charge in [0.1, 0.15) is 16.5 Å². The van der Waals surface area contributed by atoms with Gasteiger partial charge in [-0.3, -0.25) is 4.72 Å². The average molecular weight is 318 g/mol. The lowest BCUT2D eigenvalue weighted by atomic mass is 10.2. The molecule has 2 aromatic carbocycles. The number of hydrogen-bond donors (Lipinski definition) is 1. The first kappa shape index (κ1) is 14.7. The van der Waals surface area contributed by atoms with Crippen molar-refractivity contribution < 1.29 is 17.2 Å². The Balaban J connectivity index is 2.41.